The first kappa shape index (κ1) is 26.4. The third-order valence-electron chi connectivity index (χ3n) is 6.27. The molecule has 0 aliphatic carbocycles. The number of piperidine rings is 1. The zero-order valence-corrected chi connectivity index (χ0v) is 21.7. The van der Waals surface area contributed by atoms with Crippen molar-refractivity contribution in [3.05, 3.63) is 12.0 Å². The number of aryl methyl sites for hydroxylation is 2. The van der Waals surface area contributed by atoms with E-state index in [-0.39, 0.29) is 22.9 Å². The van der Waals surface area contributed by atoms with Gasteiger partial charge in [0.25, 0.3) is 10.0 Å². The third-order valence-corrected chi connectivity index (χ3v) is 8.04. The Morgan fingerprint density at radius 2 is 1.74 bits per heavy atom. The van der Waals surface area contributed by atoms with Gasteiger partial charge in [-0.3, -0.25) is 9.69 Å². The molecular weight excluding hydrogens is 460 g/mol. The fraction of sp³-hybridized carbons (Fsp3) is 0.773. The SMILES string of the molecule is Cc1nc(S(=O)(=O)N2CCC(C(=O)NCCN3CCN(C(=O)OC(C)(C)C)CC3)CC2)cn1C. The average Bonchev–Trinajstić information content (AvgIpc) is 3.12. The Bertz CT molecular complexity index is 951. The predicted molar refractivity (Wildman–Crippen MR) is 127 cm³/mol. The Morgan fingerprint density at radius 1 is 1.12 bits per heavy atom. The standard InChI is InChI=1S/C22H38N6O5S/c1-17-24-19(16-25(17)5)34(31,32)28-9-6-18(7-10-28)20(29)23-8-11-26-12-14-27(15-13-26)21(30)33-22(2,3)4/h16,18H,6-15H2,1-5H3,(H,23,29). The van der Waals surface area contributed by atoms with Crippen LogP contribution in [0.15, 0.2) is 11.2 Å². The Kier molecular flexibility index (Phi) is 8.25. The first-order valence-electron chi connectivity index (χ1n) is 11.8. The number of imidazole rings is 1. The van der Waals surface area contributed by atoms with E-state index < -0.39 is 15.6 Å². The maximum absolute atomic E-state index is 12.8. The molecule has 2 aliphatic rings. The van der Waals surface area contributed by atoms with Crippen molar-refractivity contribution in [2.24, 2.45) is 13.0 Å². The molecule has 0 unspecified atom stereocenters. The summed E-state index contributed by atoms with van der Waals surface area (Å²) in [6.07, 6.45) is 2.22. The Labute approximate surface area is 202 Å². The lowest BCUT2D eigenvalue weighted by molar-refractivity contribution is -0.126. The Balaban J connectivity index is 1.36. The van der Waals surface area contributed by atoms with E-state index in [1.165, 1.54) is 10.5 Å². The number of nitrogens with one attached hydrogen (secondary N) is 1. The van der Waals surface area contributed by atoms with Gasteiger partial charge >= 0.3 is 6.09 Å². The summed E-state index contributed by atoms with van der Waals surface area (Å²) in [5.41, 5.74) is -0.504. The normalized spacial score (nSPS) is 19.3. The van der Waals surface area contributed by atoms with Crippen LogP contribution in [0.5, 0.6) is 0 Å². The largest absolute Gasteiger partial charge is 0.444 e. The van der Waals surface area contributed by atoms with Crippen molar-refractivity contribution in [2.75, 3.05) is 52.4 Å². The molecule has 0 spiro atoms. The van der Waals surface area contributed by atoms with Crippen LogP contribution in [-0.4, -0.2) is 102 Å². The Morgan fingerprint density at radius 3 is 2.26 bits per heavy atom. The molecule has 0 bridgehead atoms. The summed E-state index contributed by atoms with van der Waals surface area (Å²) in [7, 11) is -1.88. The molecule has 0 atom stereocenters. The van der Waals surface area contributed by atoms with E-state index in [0.29, 0.717) is 57.9 Å². The van der Waals surface area contributed by atoms with Gasteiger partial charge in [-0.25, -0.2) is 18.2 Å². The van der Waals surface area contributed by atoms with Gasteiger partial charge in [-0.15, -0.1) is 0 Å². The number of ether oxygens (including phenoxy) is 1. The fourth-order valence-electron chi connectivity index (χ4n) is 4.10. The lowest BCUT2D eigenvalue weighted by atomic mass is 9.97. The lowest BCUT2D eigenvalue weighted by Crippen LogP contribution is -2.51. The molecule has 1 N–H and O–H groups in total. The lowest BCUT2D eigenvalue weighted by Gasteiger charge is -2.35. The molecule has 11 nitrogen and oxygen atoms in total. The molecule has 12 heteroatoms. The van der Waals surface area contributed by atoms with Crippen LogP contribution in [0, 0.1) is 12.8 Å². The first-order chi connectivity index (χ1) is 15.9. The Hall–Kier alpha value is -2.18. The number of rotatable bonds is 6. The number of piperazine rings is 1. The van der Waals surface area contributed by atoms with Gasteiger partial charge < -0.3 is 19.5 Å². The van der Waals surface area contributed by atoms with E-state index in [9.17, 15) is 18.0 Å². The molecule has 3 heterocycles. The van der Waals surface area contributed by atoms with Crippen LogP contribution in [0.25, 0.3) is 0 Å². The van der Waals surface area contributed by atoms with E-state index >= 15 is 0 Å². The second-order valence-corrected chi connectivity index (χ2v) is 11.9. The second-order valence-electron chi connectivity index (χ2n) is 10.0. The minimum absolute atomic E-state index is 0.0295. The van der Waals surface area contributed by atoms with E-state index in [1.54, 1.807) is 23.4 Å². The fourth-order valence-corrected chi connectivity index (χ4v) is 5.60. The molecule has 34 heavy (non-hydrogen) atoms. The van der Waals surface area contributed by atoms with Crippen LogP contribution in [-0.2, 0) is 26.6 Å². The number of hydrogen-bond acceptors (Lipinski definition) is 7. The maximum atomic E-state index is 12.8. The maximum Gasteiger partial charge on any atom is 0.410 e. The van der Waals surface area contributed by atoms with Crippen LogP contribution in [0.3, 0.4) is 0 Å². The zero-order valence-electron chi connectivity index (χ0n) is 20.9. The number of carbonyl (C=O) groups is 2. The van der Waals surface area contributed by atoms with E-state index in [4.69, 9.17) is 4.74 Å². The van der Waals surface area contributed by atoms with Gasteiger partial charge in [0.2, 0.25) is 5.91 Å². The van der Waals surface area contributed by atoms with Gasteiger partial charge in [-0.05, 0) is 40.5 Å². The monoisotopic (exact) mass is 498 g/mol. The summed E-state index contributed by atoms with van der Waals surface area (Å²) in [5, 5.41) is 3.05. The summed E-state index contributed by atoms with van der Waals surface area (Å²) in [5.74, 6) is 0.415. The highest BCUT2D eigenvalue weighted by Gasteiger charge is 2.33. The molecule has 3 rings (SSSR count). The van der Waals surface area contributed by atoms with Crippen LogP contribution in [0.4, 0.5) is 4.79 Å². The van der Waals surface area contributed by atoms with Crippen molar-refractivity contribution in [2.45, 2.75) is 51.2 Å². The highest BCUT2D eigenvalue weighted by Crippen LogP contribution is 2.23. The molecule has 0 saturated carbocycles. The van der Waals surface area contributed by atoms with Crippen molar-refractivity contribution < 1.29 is 22.7 Å². The number of carbonyl (C=O) groups excluding carboxylic acids is 2. The summed E-state index contributed by atoms with van der Waals surface area (Å²) in [6, 6.07) is 0. The summed E-state index contributed by atoms with van der Waals surface area (Å²) in [6.45, 7) is 11.8. The van der Waals surface area contributed by atoms with Gasteiger partial charge in [-0.1, -0.05) is 0 Å². The molecule has 2 amide bonds. The van der Waals surface area contributed by atoms with Crippen molar-refractivity contribution in [3.63, 3.8) is 0 Å². The highest BCUT2D eigenvalue weighted by atomic mass is 32.2. The highest BCUT2D eigenvalue weighted by molar-refractivity contribution is 7.89. The number of aromatic nitrogens is 2. The summed E-state index contributed by atoms with van der Waals surface area (Å²) >= 11 is 0. The summed E-state index contributed by atoms with van der Waals surface area (Å²) < 4.78 is 34.2. The van der Waals surface area contributed by atoms with Crippen LogP contribution in [0.2, 0.25) is 0 Å². The van der Waals surface area contributed by atoms with E-state index in [0.717, 1.165) is 13.1 Å². The second kappa shape index (κ2) is 10.6. The predicted octanol–water partition coefficient (Wildman–Crippen LogP) is 0.798. The number of amides is 2. The van der Waals surface area contributed by atoms with Gasteiger partial charge in [0.15, 0.2) is 5.03 Å². The smallest absolute Gasteiger partial charge is 0.410 e. The molecule has 2 aliphatic heterocycles. The number of hydrogen-bond donors (Lipinski definition) is 1. The molecule has 2 fully saturated rings. The van der Waals surface area contributed by atoms with Gasteiger partial charge in [0.05, 0.1) is 0 Å². The minimum atomic E-state index is -3.64. The van der Waals surface area contributed by atoms with Gasteiger partial charge in [0, 0.05) is 71.5 Å². The zero-order chi connectivity index (χ0) is 25.1. The number of sulfonamides is 1. The van der Waals surface area contributed by atoms with Crippen molar-refractivity contribution >= 4 is 22.0 Å². The molecule has 0 aromatic carbocycles. The molecule has 0 radical (unpaired) electrons. The molecule has 192 valence electrons. The molecule has 2 saturated heterocycles. The average molecular weight is 499 g/mol. The summed E-state index contributed by atoms with van der Waals surface area (Å²) in [4.78, 5) is 32.8. The van der Waals surface area contributed by atoms with Crippen molar-refractivity contribution in [1.29, 1.82) is 0 Å². The van der Waals surface area contributed by atoms with Crippen LogP contribution in [0.1, 0.15) is 39.4 Å². The van der Waals surface area contributed by atoms with Crippen molar-refractivity contribution in [1.82, 2.24) is 29.0 Å². The van der Waals surface area contributed by atoms with E-state index in [2.05, 4.69) is 15.2 Å². The van der Waals surface area contributed by atoms with Crippen molar-refractivity contribution in [3.8, 4) is 0 Å². The van der Waals surface area contributed by atoms with E-state index in [1.807, 2.05) is 20.8 Å². The third kappa shape index (κ3) is 6.70. The number of nitrogens with zero attached hydrogens (tertiary/aromatic N) is 5. The quantitative estimate of drug-likeness (QED) is 0.616. The van der Waals surface area contributed by atoms with Gasteiger partial charge in [-0.2, -0.15) is 4.31 Å². The topological polar surface area (TPSA) is 117 Å². The molecule has 1 aromatic heterocycles. The minimum Gasteiger partial charge on any atom is -0.444 e. The van der Waals surface area contributed by atoms with Gasteiger partial charge in [0.1, 0.15) is 11.4 Å². The molecular formula is C22H38N6O5S. The van der Waals surface area contributed by atoms with Crippen LogP contribution >= 0.6 is 0 Å². The molecule has 1 aromatic rings. The van der Waals surface area contributed by atoms with Crippen LogP contribution < -0.4 is 5.32 Å². The first-order valence-corrected chi connectivity index (χ1v) is 13.3.